The van der Waals surface area contributed by atoms with Crippen molar-refractivity contribution >= 4 is 43.4 Å². The number of hydrogen-bond donors (Lipinski definition) is 3. The third kappa shape index (κ3) is 3.93. The van der Waals surface area contributed by atoms with Crippen molar-refractivity contribution in [3.05, 3.63) is 29.8 Å². The number of thiol groups is 3. The van der Waals surface area contributed by atoms with E-state index in [1.54, 1.807) is 7.11 Å². The zero-order valence-corrected chi connectivity index (χ0v) is 11.4. The predicted octanol–water partition coefficient (Wildman–Crippen LogP) is 2.57. The average molecular weight is 275 g/mol. The number of benzene rings is 1. The van der Waals surface area contributed by atoms with Crippen molar-refractivity contribution in [3.8, 4) is 5.75 Å². The Morgan fingerprint density at radius 1 is 1.38 bits per heavy atom. The van der Waals surface area contributed by atoms with Crippen molar-refractivity contribution in [1.29, 1.82) is 0 Å². The first kappa shape index (κ1) is 13.8. The molecule has 16 heavy (non-hydrogen) atoms. The highest BCUT2D eigenvalue weighted by atomic mass is 32.2. The zero-order valence-electron chi connectivity index (χ0n) is 8.70. The molecule has 88 valence electrons. The summed E-state index contributed by atoms with van der Waals surface area (Å²) in [7, 11) is 1.60. The fraction of sp³-hybridized carbons (Fsp3) is 0.300. The average Bonchev–Trinajstić information content (AvgIpc) is 2.25. The molecule has 0 bridgehead atoms. The first-order valence-electron chi connectivity index (χ1n) is 4.57. The van der Waals surface area contributed by atoms with E-state index in [2.05, 4.69) is 38.3 Å². The van der Waals surface area contributed by atoms with Gasteiger partial charge in [0.2, 0.25) is 0 Å². The van der Waals surface area contributed by atoms with Crippen LogP contribution in [-0.2, 0) is 4.79 Å². The first-order valence-corrected chi connectivity index (χ1v) is 5.82. The maximum Gasteiger partial charge on any atom is 0.187 e. The second kappa shape index (κ2) is 6.44. The quantitative estimate of drug-likeness (QED) is 0.722. The van der Waals surface area contributed by atoms with Crippen LogP contribution >= 0.6 is 38.3 Å². The number of hydrogen-bond acceptors (Lipinski definition) is 5. The van der Waals surface area contributed by atoms with Gasteiger partial charge < -0.3 is 4.74 Å². The van der Waals surface area contributed by atoms with Crippen molar-refractivity contribution in [3.63, 3.8) is 0 Å². The van der Waals surface area contributed by atoms with E-state index in [0.717, 1.165) is 11.3 Å². The monoisotopic (exact) mass is 275 g/mol. The van der Waals surface area contributed by atoms with Gasteiger partial charge in [0.15, 0.2) is 5.12 Å². The summed E-state index contributed by atoms with van der Waals surface area (Å²) in [6.45, 7) is 0. The SMILES string of the molecule is COc1ccc(C(CC(=O)S)N(S)S)cc1. The van der Waals surface area contributed by atoms with Gasteiger partial charge in [0, 0.05) is 6.42 Å². The Labute approximate surface area is 112 Å². The van der Waals surface area contributed by atoms with Crippen LogP contribution in [0.15, 0.2) is 24.3 Å². The zero-order chi connectivity index (χ0) is 12.1. The third-order valence-corrected chi connectivity index (χ3v) is 2.89. The topological polar surface area (TPSA) is 29.5 Å². The minimum absolute atomic E-state index is 0.200. The van der Waals surface area contributed by atoms with Crippen molar-refractivity contribution in [1.82, 2.24) is 3.71 Å². The minimum Gasteiger partial charge on any atom is -0.497 e. The number of nitrogens with zero attached hydrogens (tertiary/aromatic N) is 1. The molecular weight excluding hydrogens is 262 g/mol. The highest BCUT2D eigenvalue weighted by molar-refractivity contribution is 7.96. The lowest BCUT2D eigenvalue weighted by molar-refractivity contribution is -0.111. The molecule has 0 radical (unpaired) electrons. The molecular formula is C10H13NO2S3. The van der Waals surface area contributed by atoms with E-state index in [4.69, 9.17) is 4.74 Å². The van der Waals surface area contributed by atoms with Crippen LogP contribution in [0.4, 0.5) is 0 Å². The predicted molar refractivity (Wildman–Crippen MR) is 74.2 cm³/mol. The molecule has 0 saturated heterocycles. The first-order chi connectivity index (χ1) is 7.54. The number of rotatable bonds is 5. The van der Waals surface area contributed by atoms with Crippen LogP contribution in [0.1, 0.15) is 18.0 Å². The number of methoxy groups -OCH3 is 1. The van der Waals surface area contributed by atoms with Crippen LogP contribution in [0.2, 0.25) is 0 Å². The molecule has 1 aromatic rings. The molecule has 3 nitrogen and oxygen atoms in total. The summed E-state index contributed by atoms with van der Waals surface area (Å²) < 4.78 is 6.46. The Balaban J connectivity index is 2.88. The lowest BCUT2D eigenvalue weighted by Crippen LogP contribution is -2.13. The van der Waals surface area contributed by atoms with Gasteiger partial charge in [0.25, 0.3) is 0 Å². The molecule has 0 saturated carbocycles. The van der Waals surface area contributed by atoms with Gasteiger partial charge in [-0.05, 0) is 17.7 Å². The highest BCUT2D eigenvalue weighted by Crippen LogP contribution is 2.29. The maximum atomic E-state index is 11.0. The Kier molecular flexibility index (Phi) is 5.54. The fourth-order valence-electron chi connectivity index (χ4n) is 1.32. The van der Waals surface area contributed by atoms with Crippen molar-refractivity contribution in [2.45, 2.75) is 12.5 Å². The largest absolute Gasteiger partial charge is 0.497 e. The smallest absolute Gasteiger partial charge is 0.187 e. The van der Waals surface area contributed by atoms with E-state index < -0.39 is 0 Å². The lowest BCUT2D eigenvalue weighted by atomic mass is 10.1. The normalized spacial score (nSPS) is 12.6. The summed E-state index contributed by atoms with van der Waals surface area (Å²) in [6, 6.07) is 7.20. The molecule has 0 heterocycles. The summed E-state index contributed by atoms with van der Waals surface area (Å²) in [4.78, 5) is 11.0. The van der Waals surface area contributed by atoms with Crippen LogP contribution in [0.5, 0.6) is 5.75 Å². The molecule has 0 N–H and O–H groups in total. The molecule has 0 aliphatic rings. The van der Waals surface area contributed by atoms with Crippen LogP contribution in [0.3, 0.4) is 0 Å². The molecule has 1 rings (SSSR count). The van der Waals surface area contributed by atoms with E-state index in [1.807, 2.05) is 24.3 Å². The molecule has 1 atom stereocenters. The Morgan fingerprint density at radius 2 is 1.94 bits per heavy atom. The van der Waals surface area contributed by atoms with Crippen molar-refractivity contribution in [2.75, 3.05) is 7.11 Å². The molecule has 6 heteroatoms. The van der Waals surface area contributed by atoms with Gasteiger partial charge in [-0.2, -0.15) is 3.71 Å². The van der Waals surface area contributed by atoms with E-state index in [-0.39, 0.29) is 17.6 Å². The summed E-state index contributed by atoms with van der Waals surface area (Å²) >= 11 is 12.0. The number of carbonyl (C=O) groups excluding carboxylic acids is 1. The second-order valence-corrected chi connectivity index (χ2v) is 4.88. The number of carbonyl (C=O) groups is 1. The van der Waals surface area contributed by atoms with Gasteiger partial charge in [-0.15, -0.1) is 12.6 Å². The van der Waals surface area contributed by atoms with E-state index in [1.165, 1.54) is 3.71 Å². The van der Waals surface area contributed by atoms with Gasteiger partial charge in [-0.3, -0.25) is 4.79 Å². The highest BCUT2D eigenvalue weighted by Gasteiger charge is 2.18. The molecule has 0 spiro atoms. The molecule has 0 fully saturated rings. The van der Waals surface area contributed by atoms with Gasteiger partial charge >= 0.3 is 0 Å². The van der Waals surface area contributed by atoms with E-state index >= 15 is 0 Å². The molecule has 0 aliphatic carbocycles. The van der Waals surface area contributed by atoms with Crippen molar-refractivity contribution < 1.29 is 9.53 Å². The Morgan fingerprint density at radius 3 is 2.31 bits per heavy atom. The minimum atomic E-state index is -0.206. The van der Waals surface area contributed by atoms with Crippen LogP contribution < -0.4 is 4.74 Å². The lowest BCUT2D eigenvalue weighted by Gasteiger charge is -2.21. The van der Waals surface area contributed by atoms with Crippen LogP contribution in [0.25, 0.3) is 0 Å². The molecule has 1 aromatic carbocycles. The van der Waals surface area contributed by atoms with Crippen LogP contribution in [-0.4, -0.2) is 15.9 Å². The van der Waals surface area contributed by atoms with E-state index in [0.29, 0.717) is 0 Å². The molecule has 0 aromatic heterocycles. The standard InChI is InChI=1S/C10H13NO2S3/c1-13-8-4-2-7(3-5-8)9(11(15)16)6-10(12)14/h2-5,9,15-16H,6H2,1H3,(H,12,14). The summed E-state index contributed by atoms with van der Waals surface area (Å²) in [5, 5.41) is -0.200. The number of ether oxygens (including phenoxy) is 1. The Hall–Kier alpha value is -0.300. The fourth-order valence-corrected chi connectivity index (χ4v) is 1.93. The summed E-state index contributed by atoms with van der Waals surface area (Å²) in [6.07, 6.45) is 0.252. The van der Waals surface area contributed by atoms with Crippen molar-refractivity contribution in [2.24, 2.45) is 0 Å². The molecule has 0 aliphatic heterocycles. The van der Waals surface area contributed by atoms with Gasteiger partial charge in [-0.1, -0.05) is 37.8 Å². The maximum absolute atomic E-state index is 11.0. The Bertz CT molecular complexity index is 354. The van der Waals surface area contributed by atoms with Gasteiger partial charge in [0.05, 0.1) is 13.2 Å². The van der Waals surface area contributed by atoms with Gasteiger partial charge in [-0.25, -0.2) is 0 Å². The molecule has 1 unspecified atom stereocenters. The second-order valence-electron chi connectivity index (χ2n) is 3.21. The summed E-state index contributed by atoms with van der Waals surface area (Å²) in [5.41, 5.74) is 0.938. The third-order valence-electron chi connectivity index (χ3n) is 2.15. The summed E-state index contributed by atoms with van der Waals surface area (Å²) in [5.74, 6) is 0.768. The van der Waals surface area contributed by atoms with Crippen LogP contribution in [0, 0.1) is 0 Å². The van der Waals surface area contributed by atoms with Gasteiger partial charge in [0.1, 0.15) is 5.75 Å². The van der Waals surface area contributed by atoms with E-state index in [9.17, 15) is 4.79 Å². The molecule has 0 amide bonds.